The third kappa shape index (κ3) is 5.79. The third-order valence-corrected chi connectivity index (χ3v) is 5.00. The summed E-state index contributed by atoms with van der Waals surface area (Å²) in [7, 11) is 1.45. The van der Waals surface area contributed by atoms with Gasteiger partial charge < -0.3 is 15.4 Å². The van der Waals surface area contributed by atoms with Crippen LogP contribution in [0.1, 0.15) is 42.2 Å². The Hall–Kier alpha value is -3.52. The number of aryl methyl sites for hydroxylation is 1. The molecule has 1 aromatic heterocycles. The summed E-state index contributed by atoms with van der Waals surface area (Å²) in [6, 6.07) is 14.2. The van der Waals surface area contributed by atoms with Crippen LogP contribution in [0.2, 0.25) is 0 Å². The zero-order chi connectivity index (χ0) is 22.9. The van der Waals surface area contributed by atoms with Crippen LogP contribution < -0.4 is 16.2 Å². The smallest absolute Gasteiger partial charge is 0.274 e. The Balaban J connectivity index is 1.79. The highest BCUT2D eigenvalue weighted by Crippen LogP contribution is 2.15. The van der Waals surface area contributed by atoms with Crippen molar-refractivity contribution >= 4 is 28.3 Å². The molecular weight excluding hydrogens is 408 g/mol. The van der Waals surface area contributed by atoms with Crippen LogP contribution in [0.4, 0.5) is 5.69 Å². The zero-order valence-corrected chi connectivity index (χ0v) is 18.4. The molecule has 2 amide bonds. The first-order chi connectivity index (χ1) is 15.5. The summed E-state index contributed by atoms with van der Waals surface area (Å²) < 4.78 is 6.21. The minimum Gasteiger partial charge on any atom is -0.375 e. The number of amides is 2. The quantitative estimate of drug-likeness (QED) is 0.476. The molecule has 0 unspecified atom stereocenters. The predicted molar refractivity (Wildman–Crippen MR) is 124 cm³/mol. The summed E-state index contributed by atoms with van der Waals surface area (Å²) in [4.78, 5) is 37.5. The van der Waals surface area contributed by atoms with Gasteiger partial charge in [-0.15, -0.1) is 0 Å². The third-order valence-electron chi connectivity index (χ3n) is 5.00. The lowest BCUT2D eigenvalue weighted by Gasteiger charge is -2.12. The van der Waals surface area contributed by atoms with E-state index in [0.29, 0.717) is 23.0 Å². The number of methoxy groups -OCH3 is 1. The average Bonchev–Trinajstić information content (AvgIpc) is 2.79. The van der Waals surface area contributed by atoms with Crippen molar-refractivity contribution in [2.75, 3.05) is 19.0 Å². The summed E-state index contributed by atoms with van der Waals surface area (Å²) in [5.74, 6) is -0.617. The Labute approximate surface area is 186 Å². The molecule has 0 radical (unpaired) electrons. The van der Waals surface area contributed by atoms with Crippen molar-refractivity contribution in [3.8, 4) is 0 Å². The first-order valence-electron chi connectivity index (χ1n) is 10.7. The van der Waals surface area contributed by atoms with Crippen LogP contribution >= 0.6 is 0 Å². The monoisotopic (exact) mass is 436 g/mol. The van der Waals surface area contributed by atoms with E-state index in [4.69, 9.17) is 4.74 Å². The number of unbranched alkanes of at least 4 members (excludes halogenated alkanes) is 2. The second kappa shape index (κ2) is 11.2. The molecule has 0 aliphatic rings. The number of anilines is 1. The van der Waals surface area contributed by atoms with Crippen LogP contribution in [-0.2, 0) is 22.6 Å². The van der Waals surface area contributed by atoms with Crippen LogP contribution in [-0.4, -0.2) is 35.3 Å². The highest BCUT2D eigenvalue weighted by Gasteiger charge is 2.16. The molecule has 8 nitrogen and oxygen atoms in total. The summed E-state index contributed by atoms with van der Waals surface area (Å²) >= 11 is 0. The highest BCUT2D eigenvalue weighted by molar-refractivity contribution is 6.04. The van der Waals surface area contributed by atoms with Crippen LogP contribution in [0.3, 0.4) is 0 Å². The van der Waals surface area contributed by atoms with Crippen LogP contribution in [0.15, 0.2) is 53.3 Å². The summed E-state index contributed by atoms with van der Waals surface area (Å²) in [6.45, 7) is 2.78. The molecule has 0 bridgehead atoms. The molecule has 0 aliphatic heterocycles. The zero-order valence-electron chi connectivity index (χ0n) is 18.4. The second-order valence-corrected chi connectivity index (χ2v) is 7.49. The lowest BCUT2D eigenvalue weighted by Crippen LogP contribution is -2.30. The van der Waals surface area contributed by atoms with E-state index in [1.807, 2.05) is 6.07 Å². The summed E-state index contributed by atoms with van der Waals surface area (Å²) in [5.41, 5.74) is 1.47. The van der Waals surface area contributed by atoms with E-state index in [0.717, 1.165) is 24.8 Å². The fraction of sp³-hybridized carbons (Fsp3) is 0.333. The van der Waals surface area contributed by atoms with Crippen molar-refractivity contribution in [3.63, 3.8) is 0 Å². The van der Waals surface area contributed by atoms with E-state index in [9.17, 15) is 14.4 Å². The Bertz CT molecular complexity index is 1160. The molecule has 2 N–H and O–H groups in total. The lowest BCUT2D eigenvalue weighted by atomic mass is 10.1. The van der Waals surface area contributed by atoms with E-state index in [1.165, 1.54) is 11.8 Å². The van der Waals surface area contributed by atoms with Crippen LogP contribution in [0, 0.1) is 0 Å². The molecule has 32 heavy (non-hydrogen) atoms. The van der Waals surface area contributed by atoms with Gasteiger partial charge in [-0.2, -0.15) is 5.10 Å². The molecule has 0 saturated carbocycles. The first kappa shape index (κ1) is 23.1. The number of hydrogen-bond acceptors (Lipinski definition) is 5. The second-order valence-electron chi connectivity index (χ2n) is 7.49. The number of ether oxygens (including phenoxy) is 1. The molecule has 0 fully saturated rings. The minimum absolute atomic E-state index is 0.0341. The van der Waals surface area contributed by atoms with Gasteiger partial charge in [0.2, 0.25) is 5.91 Å². The fourth-order valence-electron chi connectivity index (χ4n) is 3.42. The molecule has 1 heterocycles. The van der Waals surface area contributed by atoms with Gasteiger partial charge in [-0.25, -0.2) is 4.68 Å². The molecule has 3 rings (SSSR count). The van der Waals surface area contributed by atoms with Crippen molar-refractivity contribution in [3.05, 3.63) is 70.1 Å². The Morgan fingerprint density at radius 1 is 1.06 bits per heavy atom. The average molecular weight is 437 g/mol. The number of rotatable bonds is 10. The largest absolute Gasteiger partial charge is 0.375 e. The van der Waals surface area contributed by atoms with Gasteiger partial charge in [-0.3, -0.25) is 14.4 Å². The van der Waals surface area contributed by atoms with Gasteiger partial charge in [0, 0.05) is 31.3 Å². The van der Waals surface area contributed by atoms with E-state index in [1.54, 1.807) is 42.5 Å². The Morgan fingerprint density at radius 3 is 2.59 bits per heavy atom. The van der Waals surface area contributed by atoms with E-state index < -0.39 is 0 Å². The number of carbonyl (C=O) groups excluding carboxylic acids is 2. The maximum absolute atomic E-state index is 13.0. The van der Waals surface area contributed by atoms with E-state index in [-0.39, 0.29) is 36.2 Å². The number of nitrogens with zero attached hydrogens (tertiary/aromatic N) is 2. The normalized spacial score (nSPS) is 10.8. The van der Waals surface area contributed by atoms with Gasteiger partial charge in [0.05, 0.1) is 5.39 Å². The minimum atomic E-state index is -0.362. The van der Waals surface area contributed by atoms with Crippen LogP contribution in [0.5, 0.6) is 0 Å². The van der Waals surface area contributed by atoms with Gasteiger partial charge in [0.15, 0.2) is 5.69 Å². The molecule has 8 heteroatoms. The highest BCUT2D eigenvalue weighted by atomic mass is 16.5. The lowest BCUT2D eigenvalue weighted by molar-refractivity contribution is -0.119. The number of carbonyl (C=O) groups is 2. The summed E-state index contributed by atoms with van der Waals surface area (Å²) in [6.07, 6.45) is 2.84. The van der Waals surface area contributed by atoms with Gasteiger partial charge in [0.25, 0.3) is 11.5 Å². The van der Waals surface area contributed by atoms with Gasteiger partial charge in [0.1, 0.15) is 6.61 Å². The fourth-order valence-corrected chi connectivity index (χ4v) is 3.42. The number of benzene rings is 2. The summed E-state index contributed by atoms with van der Waals surface area (Å²) in [5, 5.41) is 11.0. The number of hydrogen-bond donors (Lipinski definition) is 2. The number of nitrogens with one attached hydrogen (secondary N) is 2. The Morgan fingerprint density at radius 2 is 1.84 bits per heavy atom. The van der Waals surface area contributed by atoms with Crippen molar-refractivity contribution in [2.24, 2.45) is 0 Å². The molecule has 2 aromatic carbocycles. The molecule has 3 aromatic rings. The van der Waals surface area contributed by atoms with E-state index >= 15 is 0 Å². The predicted octanol–water partition coefficient (Wildman–Crippen LogP) is 3.10. The number of fused-ring (bicyclic) bond motifs is 1. The van der Waals surface area contributed by atoms with Crippen LogP contribution in [0.25, 0.3) is 10.8 Å². The van der Waals surface area contributed by atoms with Gasteiger partial charge >= 0.3 is 0 Å². The molecular formula is C24H28N4O4. The van der Waals surface area contributed by atoms with Gasteiger partial charge in [-0.05, 0) is 30.2 Å². The molecule has 0 spiro atoms. The molecule has 168 valence electrons. The van der Waals surface area contributed by atoms with Crippen molar-refractivity contribution in [2.45, 2.75) is 39.3 Å². The van der Waals surface area contributed by atoms with Crippen molar-refractivity contribution < 1.29 is 14.3 Å². The van der Waals surface area contributed by atoms with Crippen molar-refractivity contribution in [1.29, 1.82) is 0 Å². The standard InChI is InChI=1S/C24H28N4O4/c1-3-4-7-13-28-24(31)20-12-6-5-11-19(20)22(27-28)23(30)25-15-17-9-8-10-18(14-17)26-21(29)16-32-2/h5-6,8-12,14H,3-4,7,13,15-16H2,1-2H3,(H,25,30)(H,26,29). The van der Waals surface area contributed by atoms with E-state index in [2.05, 4.69) is 22.7 Å². The molecule has 0 atom stereocenters. The Kier molecular flexibility index (Phi) is 8.10. The molecule has 0 saturated heterocycles. The number of aromatic nitrogens is 2. The maximum atomic E-state index is 13.0. The first-order valence-corrected chi connectivity index (χ1v) is 10.7. The van der Waals surface area contributed by atoms with Gasteiger partial charge in [-0.1, -0.05) is 50.1 Å². The SMILES string of the molecule is CCCCCn1nc(C(=O)NCc2cccc(NC(=O)COC)c2)c2ccccc2c1=O. The molecule has 0 aliphatic carbocycles. The van der Waals surface area contributed by atoms with Crippen molar-refractivity contribution in [1.82, 2.24) is 15.1 Å². The maximum Gasteiger partial charge on any atom is 0.274 e. The topological polar surface area (TPSA) is 102 Å².